The molecule has 3 aromatic rings. The number of benzene rings is 2. The highest BCUT2D eigenvalue weighted by Crippen LogP contribution is 2.36. The summed E-state index contributed by atoms with van der Waals surface area (Å²) in [5.41, 5.74) is 2.54. The average Bonchev–Trinajstić information content (AvgIpc) is 3.11. The molecule has 27 heavy (non-hydrogen) atoms. The summed E-state index contributed by atoms with van der Waals surface area (Å²) in [4.78, 5) is 5.78. The van der Waals surface area contributed by atoms with Crippen molar-refractivity contribution in [1.29, 1.82) is 0 Å². The van der Waals surface area contributed by atoms with Crippen LogP contribution in [0.15, 0.2) is 48.7 Å². The number of nitrogens with one attached hydrogen (secondary N) is 1. The van der Waals surface area contributed by atoms with Gasteiger partial charge in [0.2, 0.25) is 0 Å². The first-order valence-corrected chi connectivity index (χ1v) is 9.55. The lowest BCUT2D eigenvalue weighted by atomic mass is 9.89. The monoisotopic (exact) mass is 404 g/mol. The lowest BCUT2D eigenvalue weighted by Gasteiger charge is -2.39. The second kappa shape index (κ2) is 7.63. The fourth-order valence-electron chi connectivity index (χ4n) is 4.14. The van der Waals surface area contributed by atoms with E-state index in [9.17, 15) is 0 Å². The molecule has 1 fully saturated rings. The number of H-pyrrole nitrogens is 1. The molecule has 0 spiro atoms. The highest BCUT2D eigenvalue weighted by Gasteiger charge is 2.31. The van der Waals surface area contributed by atoms with Crippen LogP contribution in [0.1, 0.15) is 24.3 Å². The minimum absolute atomic E-state index is 0. The number of nitrogens with zero attached hydrogens (tertiary/aromatic N) is 1. The number of rotatable bonds is 2. The standard InChI is InChI=1S/C21H21ClN2O2.ClH/c22-15-5-6-18-16(11-15)17(12-23-18)14-7-9-24(10-8-14)21-13-25-19-3-1-2-4-20(19)26-21;/h1-6,11-12,14,21,23H,7-10,13H2;1H. The average molecular weight is 405 g/mol. The molecule has 1 saturated heterocycles. The number of fused-ring (bicyclic) bond motifs is 2. The van der Waals surface area contributed by atoms with Crippen LogP contribution in [0, 0.1) is 0 Å². The molecule has 2 aromatic carbocycles. The maximum Gasteiger partial charge on any atom is 0.187 e. The third-order valence-electron chi connectivity index (χ3n) is 5.55. The molecule has 2 aliphatic heterocycles. The Labute approximate surface area is 169 Å². The molecule has 4 nitrogen and oxygen atoms in total. The third kappa shape index (κ3) is 3.49. The summed E-state index contributed by atoms with van der Waals surface area (Å²) >= 11 is 6.20. The van der Waals surface area contributed by atoms with Crippen molar-refractivity contribution in [2.24, 2.45) is 0 Å². The van der Waals surface area contributed by atoms with Gasteiger partial charge in [0.1, 0.15) is 6.61 Å². The van der Waals surface area contributed by atoms with Crippen molar-refractivity contribution in [1.82, 2.24) is 9.88 Å². The van der Waals surface area contributed by atoms with Gasteiger partial charge in [0.25, 0.3) is 0 Å². The quantitative estimate of drug-likeness (QED) is 0.635. The molecule has 1 atom stereocenters. The van der Waals surface area contributed by atoms with Gasteiger partial charge >= 0.3 is 0 Å². The van der Waals surface area contributed by atoms with Crippen LogP contribution < -0.4 is 9.47 Å². The zero-order valence-corrected chi connectivity index (χ0v) is 16.4. The van der Waals surface area contributed by atoms with Crippen molar-refractivity contribution in [3.63, 3.8) is 0 Å². The van der Waals surface area contributed by atoms with E-state index in [1.165, 1.54) is 10.9 Å². The van der Waals surface area contributed by atoms with E-state index in [4.69, 9.17) is 21.1 Å². The van der Waals surface area contributed by atoms with E-state index in [1.54, 1.807) is 0 Å². The Kier molecular flexibility index (Phi) is 5.22. The topological polar surface area (TPSA) is 37.5 Å². The number of hydrogen-bond donors (Lipinski definition) is 1. The first-order chi connectivity index (χ1) is 12.8. The third-order valence-corrected chi connectivity index (χ3v) is 5.78. The van der Waals surface area contributed by atoms with E-state index in [-0.39, 0.29) is 18.6 Å². The predicted octanol–water partition coefficient (Wildman–Crippen LogP) is 5.22. The fraction of sp³-hybridized carbons (Fsp3) is 0.333. The van der Waals surface area contributed by atoms with E-state index < -0.39 is 0 Å². The summed E-state index contributed by atoms with van der Waals surface area (Å²) < 4.78 is 12.0. The lowest BCUT2D eigenvalue weighted by Crippen LogP contribution is -2.48. The molecular weight excluding hydrogens is 383 g/mol. The highest BCUT2D eigenvalue weighted by atomic mass is 35.5. The second-order valence-electron chi connectivity index (χ2n) is 7.07. The number of piperidine rings is 1. The number of likely N-dealkylation sites (tertiary alicyclic amines) is 1. The predicted molar refractivity (Wildman–Crippen MR) is 110 cm³/mol. The maximum absolute atomic E-state index is 6.20. The molecule has 5 rings (SSSR count). The Bertz CT molecular complexity index is 935. The molecule has 1 N–H and O–H groups in total. The number of hydrogen-bond acceptors (Lipinski definition) is 3. The van der Waals surface area contributed by atoms with Gasteiger partial charge in [0, 0.05) is 35.2 Å². The van der Waals surface area contributed by atoms with Crippen LogP contribution >= 0.6 is 24.0 Å². The molecule has 142 valence electrons. The van der Waals surface area contributed by atoms with Gasteiger partial charge in [-0.05, 0) is 54.7 Å². The molecule has 6 heteroatoms. The summed E-state index contributed by atoms with van der Waals surface area (Å²) in [6.45, 7) is 2.60. The number of aromatic nitrogens is 1. The zero-order valence-electron chi connectivity index (χ0n) is 14.9. The van der Waals surface area contributed by atoms with Crippen LogP contribution in [0.2, 0.25) is 5.02 Å². The molecule has 0 saturated carbocycles. The Morgan fingerprint density at radius 3 is 2.63 bits per heavy atom. The molecule has 2 aliphatic rings. The van der Waals surface area contributed by atoms with Crippen molar-refractivity contribution in [3.8, 4) is 11.5 Å². The Morgan fingerprint density at radius 2 is 1.81 bits per heavy atom. The van der Waals surface area contributed by atoms with Crippen LogP contribution in [0.25, 0.3) is 10.9 Å². The molecule has 0 radical (unpaired) electrons. The first-order valence-electron chi connectivity index (χ1n) is 9.17. The van der Waals surface area contributed by atoms with Gasteiger partial charge in [-0.25, -0.2) is 0 Å². The van der Waals surface area contributed by atoms with Crippen molar-refractivity contribution in [2.75, 3.05) is 19.7 Å². The first kappa shape index (κ1) is 18.5. The molecule has 3 heterocycles. The summed E-state index contributed by atoms with van der Waals surface area (Å²) in [7, 11) is 0. The van der Waals surface area contributed by atoms with Crippen molar-refractivity contribution in [2.45, 2.75) is 25.0 Å². The van der Waals surface area contributed by atoms with Crippen LogP contribution in [0.4, 0.5) is 0 Å². The van der Waals surface area contributed by atoms with Crippen molar-refractivity contribution >= 4 is 34.9 Å². The number of para-hydroxylation sites is 2. The van der Waals surface area contributed by atoms with Gasteiger partial charge < -0.3 is 14.5 Å². The van der Waals surface area contributed by atoms with Crippen LogP contribution in [-0.2, 0) is 0 Å². The van der Waals surface area contributed by atoms with E-state index >= 15 is 0 Å². The van der Waals surface area contributed by atoms with Gasteiger partial charge in [0.05, 0.1) is 0 Å². The summed E-state index contributed by atoms with van der Waals surface area (Å²) in [6.07, 6.45) is 4.38. The smallest absolute Gasteiger partial charge is 0.187 e. The van der Waals surface area contributed by atoms with Gasteiger partial charge in [-0.15, -0.1) is 12.4 Å². The summed E-state index contributed by atoms with van der Waals surface area (Å²) in [5.74, 6) is 2.24. The van der Waals surface area contributed by atoms with Crippen molar-refractivity contribution < 1.29 is 9.47 Å². The zero-order chi connectivity index (χ0) is 17.5. The Balaban J connectivity index is 0.00000180. The summed E-state index contributed by atoms with van der Waals surface area (Å²) in [5, 5.41) is 2.05. The van der Waals surface area contributed by atoms with Crippen molar-refractivity contribution in [3.05, 3.63) is 59.2 Å². The van der Waals surface area contributed by atoms with E-state index in [0.717, 1.165) is 48.0 Å². The Morgan fingerprint density at radius 1 is 1.04 bits per heavy atom. The van der Waals surface area contributed by atoms with Gasteiger partial charge in [-0.1, -0.05) is 23.7 Å². The number of aromatic amines is 1. The van der Waals surface area contributed by atoms with E-state index in [1.807, 2.05) is 30.3 Å². The molecule has 1 aromatic heterocycles. The largest absolute Gasteiger partial charge is 0.484 e. The second-order valence-corrected chi connectivity index (χ2v) is 7.51. The minimum Gasteiger partial charge on any atom is -0.484 e. The van der Waals surface area contributed by atoms with Gasteiger partial charge in [-0.3, -0.25) is 4.90 Å². The molecule has 0 amide bonds. The molecule has 0 aliphatic carbocycles. The van der Waals surface area contributed by atoms with Gasteiger partial charge in [-0.2, -0.15) is 0 Å². The molecular formula is C21H22Cl2N2O2. The highest BCUT2D eigenvalue weighted by molar-refractivity contribution is 6.31. The van der Waals surface area contributed by atoms with E-state index in [0.29, 0.717) is 12.5 Å². The van der Waals surface area contributed by atoms with E-state index in [2.05, 4.69) is 28.2 Å². The fourth-order valence-corrected chi connectivity index (χ4v) is 4.31. The Hall–Kier alpha value is -1.88. The van der Waals surface area contributed by atoms with Crippen LogP contribution in [-0.4, -0.2) is 35.8 Å². The number of halogens is 2. The van der Waals surface area contributed by atoms with Crippen LogP contribution in [0.3, 0.4) is 0 Å². The molecule has 0 bridgehead atoms. The summed E-state index contributed by atoms with van der Waals surface area (Å²) in [6, 6.07) is 14.0. The normalized spacial score (nSPS) is 20.4. The lowest BCUT2D eigenvalue weighted by molar-refractivity contribution is -0.0396. The SMILES string of the molecule is Cl.Clc1ccc2[nH]cc(C3CCN(C4COc5ccccc5O4)CC3)c2c1. The molecule has 1 unspecified atom stereocenters. The van der Waals surface area contributed by atoms with Gasteiger partial charge in [0.15, 0.2) is 17.7 Å². The number of ether oxygens (including phenoxy) is 2. The minimum atomic E-state index is 0. The maximum atomic E-state index is 6.20. The van der Waals surface area contributed by atoms with Crippen LogP contribution in [0.5, 0.6) is 11.5 Å².